The van der Waals surface area contributed by atoms with Gasteiger partial charge in [0.2, 0.25) is 5.13 Å². The van der Waals surface area contributed by atoms with Crippen LogP contribution < -0.4 is 5.32 Å². The molecule has 0 bridgehead atoms. The van der Waals surface area contributed by atoms with E-state index in [4.69, 9.17) is 0 Å². The van der Waals surface area contributed by atoms with Gasteiger partial charge in [0.25, 0.3) is 5.91 Å². The summed E-state index contributed by atoms with van der Waals surface area (Å²) in [5.41, 5.74) is 1.48. The Labute approximate surface area is 206 Å². The molecule has 0 saturated heterocycles. The molecule has 10 heteroatoms. The van der Waals surface area contributed by atoms with E-state index >= 15 is 0 Å². The lowest BCUT2D eigenvalue weighted by Crippen LogP contribution is -2.15. The lowest BCUT2D eigenvalue weighted by atomic mass is 9.98. The molecule has 2 aliphatic carbocycles. The second-order valence-electron chi connectivity index (χ2n) is 8.86. The number of nitrogens with one attached hydrogen (secondary N) is 1. The minimum absolute atomic E-state index is 0.0109. The maximum absolute atomic E-state index is 13.8. The lowest BCUT2D eigenvalue weighted by molar-refractivity contribution is -0.111. The number of aromatic nitrogens is 2. The molecule has 0 aliphatic heterocycles. The van der Waals surface area contributed by atoms with E-state index in [1.165, 1.54) is 12.1 Å². The van der Waals surface area contributed by atoms with Gasteiger partial charge in [-0.05, 0) is 49.3 Å². The average molecular weight is 516 g/mol. The number of sulfone groups is 1. The molecule has 1 heterocycles. The molecule has 2 unspecified atom stereocenters. The van der Waals surface area contributed by atoms with Crippen molar-refractivity contribution < 1.29 is 22.0 Å². The number of benzene rings is 2. The summed E-state index contributed by atoms with van der Waals surface area (Å²) in [7, 11) is -3.37. The zero-order valence-corrected chi connectivity index (χ0v) is 20.2. The van der Waals surface area contributed by atoms with Crippen LogP contribution in [0.3, 0.4) is 0 Å². The fourth-order valence-corrected chi connectivity index (χ4v) is 6.42. The Hall–Kier alpha value is -2.98. The Bertz CT molecular complexity index is 1340. The molecule has 1 aromatic heterocycles. The summed E-state index contributed by atoms with van der Waals surface area (Å²) in [5, 5.41) is 2.67. The molecule has 2 atom stereocenters. The number of amides is 1. The molecule has 3 aromatic rings. The van der Waals surface area contributed by atoms with E-state index in [9.17, 15) is 22.0 Å². The van der Waals surface area contributed by atoms with Crippen LogP contribution in [0.15, 0.2) is 65.6 Å². The second-order valence-corrected chi connectivity index (χ2v) is 11.8. The second kappa shape index (κ2) is 9.58. The number of hydrogen-bond acceptors (Lipinski definition) is 6. The first-order chi connectivity index (χ1) is 16.8. The van der Waals surface area contributed by atoms with Crippen molar-refractivity contribution in [3.63, 3.8) is 0 Å². The first-order valence-corrected chi connectivity index (χ1v) is 13.7. The fourth-order valence-electron chi connectivity index (χ4n) is 4.18. The van der Waals surface area contributed by atoms with E-state index in [1.807, 2.05) is 30.3 Å². The minimum Gasteiger partial charge on any atom is -0.297 e. The molecule has 5 rings (SSSR count). The molecular formula is C25H23F2N3O3S2. The van der Waals surface area contributed by atoms with Crippen LogP contribution in [-0.2, 0) is 14.6 Å². The summed E-state index contributed by atoms with van der Waals surface area (Å²) >= 11 is 1.03. The third-order valence-electron chi connectivity index (χ3n) is 6.23. The van der Waals surface area contributed by atoms with Crippen LogP contribution in [0.2, 0.25) is 0 Å². The fraction of sp³-hybridized carbons (Fsp3) is 0.320. The molecular weight excluding hydrogens is 492 g/mol. The number of anilines is 1. The van der Waals surface area contributed by atoms with Gasteiger partial charge in [0.05, 0.1) is 10.1 Å². The maximum Gasteiger partial charge on any atom is 0.257 e. The zero-order chi connectivity index (χ0) is 24.6. The predicted molar refractivity (Wildman–Crippen MR) is 131 cm³/mol. The van der Waals surface area contributed by atoms with Crippen LogP contribution in [0.4, 0.5) is 13.9 Å². The number of carbonyl (C=O) groups excluding carboxylic acids is 1. The highest BCUT2D eigenvalue weighted by Crippen LogP contribution is 2.36. The molecule has 2 aliphatic rings. The number of alkyl halides is 2. The van der Waals surface area contributed by atoms with E-state index in [0.717, 1.165) is 17.1 Å². The quantitative estimate of drug-likeness (QED) is 0.434. The van der Waals surface area contributed by atoms with Gasteiger partial charge >= 0.3 is 0 Å². The average Bonchev–Trinajstić information content (AvgIpc) is 3.55. The van der Waals surface area contributed by atoms with E-state index < -0.39 is 34.0 Å². The van der Waals surface area contributed by atoms with Gasteiger partial charge < -0.3 is 0 Å². The summed E-state index contributed by atoms with van der Waals surface area (Å²) in [6, 6.07) is 15.4. The SMILES string of the molecule is O=C(Nc1nc(-c2ccccc2)ns1)/C(=C/C1CC(F)C(F)C1)c1ccc(S(=O)(=O)C2CC2)cc1. The monoisotopic (exact) mass is 515 g/mol. The molecule has 1 amide bonds. The van der Waals surface area contributed by atoms with Gasteiger partial charge in [-0.1, -0.05) is 48.5 Å². The van der Waals surface area contributed by atoms with Crippen molar-refractivity contribution in [2.24, 2.45) is 5.92 Å². The van der Waals surface area contributed by atoms with Gasteiger partial charge in [-0.25, -0.2) is 17.2 Å². The molecule has 0 radical (unpaired) electrons. The normalized spacial score (nSPS) is 22.8. The minimum atomic E-state index is -3.37. The Morgan fingerprint density at radius 2 is 1.66 bits per heavy atom. The van der Waals surface area contributed by atoms with Gasteiger partial charge in [-0.15, -0.1) is 0 Å². The topological polar surface area (TPSA) is 89.0 Å². The third kappa shape index (κ3) is 5.18. The highest BCUT2D eigenvalue weighted by atomic mass is 32.2. The van der Waals surface area contributed by atoms with Crippen molar-refractivity contribution in [1.82, 2.24) is 9.36 Å². The first-order valence-electron chi connectivity index (χ1n) is 11.4. The first kappa shape index (κ1) is 23.7. The zero-order valence-electron chi connectivity index (χ0n) is 18.6. The Balaban J connectivity index is 1.41. The number of halogens is 2. The summed E-state index contributed by atoms with van der Waals surface area (Å²) in [5.74, 6) is -0.483. The van der Waals surface area contributed by atoms with E-state index in [2.05, 4.69) is 14.7 Å². The van der Waals surface area contributed by atoms with Crippen LogP contribution in [0.5, 0.6) is 0 Å². The summed E-state index contributed by atoms with van der Waals surface area (Å²) in [4.78, 5) is 17.8. The number of allylic oxidation sites excluding steroid dienone is 1. The lowest BCUT2D eigenvalue weighted by Gasteiger charge is -2.11. The Morgan fingerprint density at radius 3 is 2.29 bits per heavy atom. The van der Waals surface area contributed by atoms with Gasteiger partial charge in [0, 0.05) is 22.7 Å². The Kier molecular flexibility index (Phi) is 6.50. The molecule has 2 fully saturated rings. The van der Waals surface area contributed by atoms with Crippen molar-refractivity contribution in [3.05, 3.63) is 66.2 Å². The van der Waals surface area contributed by atoms with Gasteiger partial charge in [0.1, 0.15) is 12.3 Å². The number of hydrogen-bond donors (Lipinski definition) is 1. The van der Waals surface area contributed by atoms with Crippen molar-refractivity contribution >= 4 is 38.0 Å². The van der Waals surface area contributed by atoms with Crippen LogP contribution in [0, 0.1) is 5.92 Å². The van der Waals surface area contributed by atoms with Crippen LogP contribution in [0.1, 0.15) is 31.2 Å². The largest absolute Gasteiger partial charge is 0.297 e. The van der Waals surface area contributed by atoms with Gasteiger partial charge in [-0.3, -0.25) is 10.1 Å². The van der Waals surface area contributed by atoms with Gasteiger partial charge in [-0.2, -0.15) is 9.36 Å². The smallest absolute Gasteiger partial charge is 0.257 e. The molecule has 6 nitrogen and oxygen atoms in total. The third-order valence-corrected chi connectivity index (χ3v) is 9.14. The Morgan fingerprint density at radius 1 is 1.00 bits per heavy atom. The standard InChI is InChI=1S/C25H23F2N3O3S2/c26-21-13-15(14-22(21)27)12-20(16-6-8-18(9-7-16)35(32,33)19-10-11-19)24(31)29-25-28-23(30-34-25)17-4-2-1-3-5-17/h1-9,12,15,19,21-22H,10-11,13-14H2,(H,28,29,30,31)/b20-12+. The van der Waals surface area contributed by atoms with E-state index in [1.54, 1.807) is 18.2 Å². The highest BCUT2D eigenvalue weighted by molar-refractivity contribution is 7.92. The number of carbonyl (C=O) groups is 1. The summed E-state index contributed by atoms with van der Waals surface area (Å²) in [6.07, 6.45) is -0.273. The van der Waals surface area contributed by atoms with Gasteiger partial charge in [0.15, 0.2) is 15.7 Å². The molecule has 182 valence electrons. The van der Waals surface area contributed by atoms with Crippen LogP contribution in [-0.4, -0.2) is 41.3 Å². The maximum atomic E-state index is 13.8. The molecule has 1 N–H and O–H groups in total. The predicted octanol–water partition coefficient (Wildman–Crippen LogP) is 5.25. The summed E-state index contributed by atoms with van der Waals surface area (Å²) < 4.78 is 57.0. The summed E-state index contributed by atoms with van der Waals surface area (Å²) in [6.45, 7) is 0. The number of nitrogens with zero attached hydrogens (tertiary/aromatic N) is 2. The van der Waals surface area contributed by atoms with E-state index in [0.29, 0.717) is 24.2 Å². The molecule has 2 saturated carbocycles. The van der Waals surface area contributed by atoms with Crippen molar-refractivity contribution in [2.75, 3.05) is 5.32 Å². The highest BCUT2D eigenvalue weighted by Gasteiger charge is 2.37. The van der Waals surface area contributed by atoms with Crippen molar-refractivity contribution in [2.45, 2.75) is 48.2 Å². The van der Waals surface area contributed by atoms with Crippen molar-refractivity contribution in [3.8, 4) is 11.4 Å². The number of rotatable bonds is 7. The van der Waals surface area contributed by atoms with Crippen LogP contribution >= 0.6 is 11.5 Å². The molecule has 35 heavy (non-hydrogen) atoms. The van der Waals surface area contributed by atoms with E-state index in [-0.39, 0.29) is 33.7 Å². The molecule has 2 aromatic carbocycles. The molecule has 0 spiro atoms. The van der Waals surface area contributed by atoms with Crippen molar-refractivity contribution in [1.29, 1.82) is 0 Å². The van der Waals surface area contributed by atoms with Crippen LogP contribution in [0.25, 0.3) is 17.0 Å².